The Hall–Kier alpha value is -3.01. The van der Waals surface area contributed by atoms with Gasteiger partial charge in [-0.1, -0.05) is 11.6 Å². The minimum atomic E-state index is -4.76. The molecule has 0 spiro atoms. The zero-order valence-corrected chi connectivity index (χ0v) is 16.2. The van der Waals surface area contributed by atoms with Gasteiger partial charge in [0.25, 0.3) is 5.91 Å². The molecule has 0 atom stereocenters. The molecule has 30 heavy (non-hydrogen) atoms. The quantitative estimate of drug-likeness (QED) is 0.586. The second kappa shape index (κ2) is 7.35. The molecule has 2 aromatic heterocycles. The second-order valence-electron chi connectivity index (χ2n) is 6.87. The number of anilines is 1. The largest absolute Gasteiger partial charge is 0.436 e. The van der Waals surface area contributed by atoms with Crippen molar-refractivity contribution in [2.24, 2.45) is 0 Å². The van der Waals surface area contributed by atoms with Crippen molar-refractivity contribution in [1.82, 2.24) is 19.7 Å². The number of benzene rings is 1. The zero-order chi connectivity index (χ0) is 21.6. The first-order valence-corrected chi connectivity index (χ1v) is 9.28. The molecule has 156 valence electrons. The lowest BCUT2D eigenvalue weighted by Crippen LogP contribution is -2.15. The van der Waals surface area contributed by atoms with Gasteiger partial charge in [0.15, 0.2) is 11.5 Å². The van der Waals surface area contributed by atoms with E-state index in [-0.39, 0.29) is 28.6 Å². The molecule has 0 aliphatic heterocycles. The second-order valence-corrected chi connectivity index (χ2v) is 7.25. The molecule has 0 bridgehead atoms. The number of amides is 1. The van der Waals surface area contributed by atoms with Gasteiger partial charge >= 0.3 is 6.18 Å². The minimum absolute atomic E-state index is 0.117. The number of alkyl halides is 3. The summed E-state index contributed by atoms with van der Waals surface area (Å²) in [5.41, 5.74) is -0.524. The van der Waals surface area contributed by atoms with Crippen molar-refractivity contribution in [1.29, 1.82) is 0 Å². The van der Waals surface area contributed by atoms with Crippen LogP contribution in [0.5, 0.6) is 0 Å². The number of hydrogen-bond acceptors (Lipinski definition) is 4. The first kappa shape index (κ1) is 20.3. The Morgan fingerprint density at radius 3 is 2.63 bits per heavy atom. The number of nitrogens with zero attached hydrogens (tertiary/aromatic N) is 4. The van der Waals surface area contributed by atoms with Crippen LogP contribution in [0.4, 0.5) is 23.2 Å². The van der Waals surface area contributed by atoms with Gasteiger partial charge in [-0.2, -0.15) is 18.3 Å². The topological polar surface area (TPSA) is 72.7 Å². The van der Waals surface area contributed by atoms with Crippen LogP contribution in [0.25, 0.3) is 5.69 Å². The Morgan fingerprint density at radius 2 is 2.03 bits per heavy atom. The van der Waals surface area contributed by atoms with Crippen LogP contribution in [-0.4, -0.2) is 25.7 Å². The van der Waals surface area contributed by atoms with Crippen molar-refractivity contribution >= 4 is 23.2 Å². The van der Waals surface area contributed by atoms with Crippen molar-refractivity contribution in [2.75, 3.05) is 5.32 Å². The van der Waals surface area contributed by atoms with E-state index in [1.807, 2.05) is 0 Å². The molecule has 6 nitrogen and oxygen atoms in total. The van der Waals surface area contributed by atoms with Crippen LogP contribution < -0.4 is 5.32 Å². The number of aryl methyl sites for hydroxylation is 1. The normalized spacial score (nSPS) is 14.1. The fourth-order valence-corrected chi connectivity index (χ4v) is 3.43. The molecule has 1 fully saturated rings. The molecule has 1 aromatic carbocycles. The molecule has 4 rings (SSSR count). The molecule has 11 heteroatoms. The van der Waals surface area contributed by atoms with E-state index in [0.29, 0.717) is 18.5 Å². The lowest BCUT2D eigenvalue weighted by molar-refractivity contribution is -0.141. The molecular formula is C19H14ClF4N5O. The number of aromatic nitrogens is 4. The van der Waals surface area contributed by atoms with E-state index in [1.165, 1.54) is 24.7 Å². The molecule has 0 unspecified atom stereocenters. The standard InChI is InChI=1S/C19H14ClF4N5O/c1-9-12(7-25-8-26-9)18(30)27-11-4-5-14(13(21)6-11)29-16(10-2-3-10)15(20)17(28-29)19(22,23)24/h4-8,10H,2-3H2,1H3,(H,27,30). The predicted octanol–water partition coefficient (Wildman–Crippen LogP) is 4.91. The van der Waals surface area contributed by atoms with Gasteiger partial charge in [-0.25, -0.2) is 19.0 Å². The highest BCUT2D eigenvalue weighted by Crippen LogP contribution is 2.47. The third kappa shape index (κ3) is 3.74. The van der Waals surface area contributed by atoms with E-state index in [0.717, 1.165) is 10.7 Å². The van der Waals surface area contributed by atoms with E-state index in [2.05, 4.69) is 20.4 Å². The monoisotopic (exact) mass is 439 g/mol. The summed E-state index contributed by atoms with van der Waals surface area (Å²) in [6, 6.07) is 3.62. The highest BCUT2D eigenvalue weighted by Gasteiger charge is 2.42. The number of carbonyl (C=O) groups excluding carboxylic acids is 1. The summed E-state index contributed by atoms with van der Waals surface area (Å²) in [6.45, 7) is 1.62. The third-order valence-electron chi connectivity index (χ3n) is 4.68. The third-order valence-corrected chi connectivity index (χ3v) is 5.06. The van der Waals surface area contributed by atoms with Gasteiger partial charge in [-0.3, -0.25) is 4.79 Å². The zero-order valence-electron chi connectivity index (χ0n) is 15.5. The molecule has 1 saturated carbocycles. The Morgan fingerprint density at radius 1 is 1.30 bits per heavy atom. The smallest absolute Gasteiger partial charge is 0.322 e. The molecular weight excluding hydrogens is 426 g/mol. The molecule has 3 aromatic rings. The van der Waals surface area contributed by atoms with Crippen molar-refractivity contribution in [3.05, 3.63) is 64.2 Å². The van der Waals surface area contributed by atoms with E-state index < -0.39 is 28.6 Å². The number of halogens is 5. The predicted molar refractivity (Wildman–Crippen MR) is 100 cm³/mol. The van der Waals surface area contributed by atoms with Crippen LogP contribution >= 0.6 is 11.6 Å². The molecule has 2 heterocycles. The number of carbonyl (C=O) groups is 1. The van der Waals surface area contributed by atoms with Crippen LogP contribution in [0.2, 0.25) is 5.02 Å². The van der Waals surface area contributed by atoms with Crippen molar-refractivity contribution in [3.8, 4) is 5.69 Å². The lowest BCUT2D eigenvalue weighted by atomic mass is 10.2. The number of rotatable bonds is 4. The van der Waals surface area contributed by atoms with Crippen LogP contribution in [0.15, 0.2) is 30.7 Å². The van der Waals surface area contributed by atoms with Gasteiger partial charge in [0, 0.05) is 17.8 Å². The fraction of sp³-hybridized carbons (Fsp3) is 0.263. The summed E-state index contributed by atoms with van der Waals surface area (Å²) < 4.78 is 55.4. The Kier molecular flexibility index (Phi) is 4.97. The minimum Gasteiger partial charge on any atom is -0.322 e. The van der Waals surface area contributed by atoms with Gasteiger partial charge in [0.2, 0.25) is 0 Å². The molecule has 1 amide bonds. The highest BCUT2D eigenvalue weighted by atomic mass is 35.5. The van der Waals surface area contributed by atoms with E-state index in [1.54, 1.807) is 6.92 Å². The summed E-state index contributed by atoms with van der Waals surface area (Å²) in [5.74, 6) is -1.61. The summed E-state index contributed by atoms with van der Waals surface area (Å²) in [6.07, 6.45) is -0.836. The van der Waals surface area contributed by atoms with Gasteiger partial charge in [0.05, 0.1) is 22.0 Å². The van der Waals surface area contributed by atoms with E-state index >= 15 is 0 Å². The molecule has 1 N–H and O–H groups in total. The van der Waals surface area contributed by atoms with Crippen LogP contribution in [0.3, 0.4) is 0 Å². The Labute approximate surface area is 172 Å². The first-order valence-electron chi connectivity index (χ1n) is 8.90. The van der Waals surface area contributed by atoms with Crippen LogP contribution in [-0.2, 0) is 6.18 Å². The maximum absolute atomic E-state index is 14.8. The average molecular weight is 440 g/mol. The Bertz CT molecular complexity index is 1140. The Balaban J connectivity index is 1.68. The lowest BCUT2D eigenvalue weighted by Gasteiger charge is -2.11. The summed E-state index contributed by atoms with van der Waals surface area (Å²) in [5, 5.41) is 5.54. The molecule has 0 radical (unpaired) electrons. The van der Waals surface area contributed by atoms with Crippen molar-refractivity contribution < 1.29 is 22.4 Å². The molecule has 0 saturated heterocycles. The van der Waals surface area contributed by atoms with E-state index in [4.69, 9.17) is 11.6 Å². The van der Waals surface area contributed by atoms with Crippen molar-refractivity contribution in [2.45, 2.75) is 31.9 Å². The highest BCUT2D eigenvalue weighted by molar-refractivity contribution is 6.32. The maximum Gasteiger partial charge on any atom is 0.436 e. The van der Waals surface area contributed by atoms with Gasteiger partial charge in [-0.05, 0) is 38.0 Å². The van der Waals surface area contributed by atoms with Crippen molar-refractivity contribution in [3.63, 3.8) is 0 Å². The first-order chi connectivity index (χ1) is 14.2. The number of nitrogens with one attached hydrogen (secondary N) is 1. The fourth-order valence-electron chi connectivity index (χ4n) is 3.05. The maximum atomic E-state index is 14.8. The average Bonchev–Trinajstić information content (AvgIpc) is 3.44. The van der Waals surface area contributed by atoms with E-state index in [9.17, 15) is 22.4 Å². The van der Waals surface area contributed by atoms with Gasteiger partial charge < -0.3 is 5.32 Å². The van der Waals surface area contributed by atoms with Crippen LogP contribution in [0.1, 0.15) is 46.2 Å². The number of hydrogen-bond donors (Lipinski definition) is 1. The van der Waals surface area contributed by atoms with Gasteiger partial charge in [0.1, 0.15) is 12.0 Å². The molecule has 1 aliphatic rings. The summed E-state index contributed by atoms with van der Waals surface area (Å²) >= 11 is 5.94. The summed E-state index contributed by atoms with van der Waals surface area (Å²) in [4.78, 5) is 20.0. The van der Waals surface area contributed by atoms with Gasteiger partial charge in [-0.15, -0.1) is 0 Å². The summed E-state index contributed by atoms with van der Waals surface area (Å²) in [7, 11) is 0. The molecule has 1 aliphatic carbocycles. The van der Waals surface area contributed by atoms with Crippen LogP contribution in [0, 0.1) is 12.7 Å². The SMILES string of the molecule is Cc1ncncc1C(=O)Nc1ccc(-n2nc(C(F)(F)F)c(Cl)c2C2CC2)c(F)c1.